The molecule has 0 radical (unpaired) electrons. The molecule has 5 nitrogen and oxygen atoms in total. The van der Waals surface area contributed by atoms with E-state index in [-0.39, 0.29) is 0 Å². The fraction of sp³-hybridized carbons (Fsp3) is 0.0217. The van der Waals surface area contributed by atoms with Gasteiger partial charge in [-0.25, -0.2) is 0 Å². The molecule has 2 heterocycles. The number of benzene rings is 7. The first kappa shape index (κ1) is 29.7. The highest BCUT2D eigenvalue weighted by molar-refractivity contribution is 6.11. The average molecular weight is 650 g/mol. The predicted octanol–water partition coefficient (Wildman–Crippen LogP) is 11.1. The van der Waals surface area contributed by atoms with Crippen LogP contribution in [0.1, 0.15) is 22.3 Å². The molecule has 0 aliphatic heterocycles. The number of aromatic nitrogens is 2. The van der Waals surface area contributed by atoms with Crippen LogP contribution in [0.4, 0.5) is 0 Å². The molecule has 0 aliphatic carbocycles. The van der Waals surface area contributed by atoms with E-state index in [9.17, 15) is 15.8 Å². The molecule has 51 heavy (non-hydrogen) atoms. The van der Waals surface area contributed by atoms with Crippen LogP contribution < -0.4 is 0 Å². The average Bonchev–Trinajstić information content (AvgIpc) is 3.71. The van der Waals surface area contributed by atoms with Crippen LogP contribution in [0, 0.1) is 40.9 Å². The van der Waals surface area contributed by atoms with Crippen LogP contribution in [0.3, 0.4) is 0 Å². The van der Waals surface area contributed by atoms with Gasteiger partial charge in [0.05, 0.1) is 62.7 Å². The highest BCUT2D eigenvalue weighted by atomic mass is 15.0. The van der Waals surface area contributed by atoms with E-state index in [0.29, 0.717) is 16.7 Å². The minimum atomic E-state index is 0.518. The van der Waals surface area contributed by atoms with E-state index < -0.39 is 0 Å². The molecule has 0 saturated heterocycles. The Morgan fingerprint density at radius 1 is 0.451 bits per heavy atom. The van der Waals surface area contributed by atoms with E-state index in [1.165, 1.54) is 16.3 Å². The lowest BCUT2D eigenvalue weighted by atomic mass is 9.92. The largest absolute Gasteiger partial charge is 0.309 e. The summed E-state index contributed by atoms with van der Waals surface area (Å²) in [5.41, 5.74) is 12.2. The van der Waals surface area contributed by atoms with Gasteiger partial charge in [0.1, 0.15) is 0 Å². The second-order valence-corrected chi connectivity index (χ2v) is 12.8. The van der Waals surface area contributed by atoms with Crippen LogP contribution >= 0.6 is 0 Å². The Hall–Kier alpha value is -7.39. The van der Waals surface area contributed by atoms with E-state index in [1.807, 2.05) is 78.9 Å². The number of hydrogen-bond acceptors (Lipinski definition) is 3. The number of aryl methyl sites for hydroxylation is 1. The van der Waals surface area contributed by atoms with Gasteiger partial charge in [-0.05, 0) is 78.7 Å². The van der Waals surface area contributed by atoms with E-state index in [1.54, 1.807) is 0 Å². The van der Waals surface area contributed by atoms with Gasteiger partial charge in [0.15, 0.2) is 0 Å². The van der Waals surface area contributed by atoms with Gasteiger partial charge in [0, 0.05) is 43.9 Å². The molecule has 7 aromatic carbocycles. The Balaban J connectivity index is 1.23. The Labute approximate surface area is 294 Å². The molecule has 5 heteroatoms. The zero-order valence-electron chi connectivity index (χ0n) is 27.6. The summed E-state index contributed by atoms with van der Waals surface area (Å²) in [6, 6.07) is 55.8. The normalized spacial score (nSPS) is 11.2. The van der Waals surface area contributed by atoms with Gasteiger partial charge in [0.25, 0.3) is 0 Å². The standard InChI is InChI=1S/C46H27N5/c1-29-9-8-13-39-37-11-3-7-16-44(37)51(46(29)39)43-15-6-2-10-36(43)35-21-19-31(24-33(35)28-49)40-25-34(20-18-32(40)27-48)50-42-14-5-4-12-38(42)41-23-30(26-47)17-22-45(41)50/h2-25H,1H3. The molecule has 9 rings (SSSR count). The van der Waals surface area contributed by atoms with E-state index in [0.717, 1.165) is 66.5 Å². The quantitative estimate of drug-likeness (QED) is 0.190. The van der Waals surface area contributed by atoms with Crippen LogP contribution in [0.15, 0.2) is 146 Å². The molecule has 0 bridgehead atoms. The Kier molecular flexibility index (Phi) is 6.78. The number of hydrogen-bond donors (Lipinski definition) is 0. The molecule has 0 saturated carbocycles. The van der Waals surface area contributed by atoms with Gasteiger partial charge in [-0.1, -0.05) is 84.9 Å². The van der Waals surface area contributed by atoms with Crippen molar-refractivity contribution < 1.29 is 0 Å². The third-order valence-electron chi connectivity index (χ3n) is 9.97. The summed E-state index contributed by atoms with van der Waals surface area (Å²) >= 11 is 0. The van der Waals surface area contributed by atoms with Gasteiger partial charge in [-0.15, -0.1) is 0 Å². The van der Waals surface area contributed by atoms with E-state index >= 15 is 0 Å². The first-order chi connectivity index (χ1) is 25.1. The third-order valence-corrected chi connectivity index (χ3v) is 9.97. The molecule has 236 valence electrons. The second-order valence-electron chi connectivity index (χ2n) is 12.8. The van der Waals surface area contributed by atoms with Crippen molar-refractivity contribution in [3.05, 3.63) is 168 Å². The summed E-state index contributed by atoms with van der Waals surface area (Å²) in [7, 11) is 0. The molecule has 0 aliphatic rings. The Morgan fingerprint density at radius 2 is 1.14 bits per heavy atom. The molecule has 0 amide bonds. The number of fused-ring (bicyclic) bond motifs is 6. The first-order valence-electron chi connectivity index (χ1n) is 16.7. The Morgan fingerprint density at radius 3 is 1.92 bits per heavy atom. The van der Waals surface area contributed by atoms with Crippen molar-refractivity contribution in [3.8, 4) is 51.8 Å². The zero-order valence-corrected chi connectivity index (χ0v) is 27.6. The summed E-state index contributed by atoms with van der Waals surface area (Å²) in [5.74, 6) is 0. The minimum absolute atomic E-state index is 0.518. The van der Waals surface area contributed by atoms with E-state index in [2.05, 4.69) is 101 Å². The van der Waals surface area contributed by atoms with Crippen molar-refractivity contribution in [1.82, 2.24) is 9.13 Å². The smallest absolute Gasteiger partial charge is 0.0998 e. The molecular formula is C46H27N5. The van der Waals surface area contributed by atoms with Crippen molar-refractivity contribution >= 4 is 43.6 Å². The lowest BCUT2D eigenvalue weighted by Gasteiger charge is -2.17. The lowest BCUT2D eigenvalue weighted by Crippen LogP contribution is -1.99. The summed E-state index contributed by atoms with van der Waals surface area (Å²) in [6.07, 6.45) is 0. The Bertz CT molecular complexity index is 3030. The zero-order chi connectivity index (χ0) is 34.6. The molecule has 9 aromatic rings. The van der Waals surface area contributed by atoms with Crippen LogP contribution in [-0.4, -0.2) is 9.13 Å². The van der Waals surface area contributed by atoms with Crippen molar-refractivity contribution in [2.75, 3.05) is 0 Å². The van der Waals surface area contributed by atoms with Gasteiger partial charge in [0.2, 0.25) is 0 Å². The fourth-order valence-electron chi connectivity index (χ4n) is 7.70. The lowest BCUT2D eigenvalue weighted by molar-refractivity contribution is 1.17. The van der Waals surface area contributed by atoms with Crippen molar-refractivity contribution in [3.63, 3.8) is 0 Å². The number of rotatable bonds is 4. The topological polar surface area (TPSA) is 81.2 Å². The highest BCUT2D eigenvalue weighted by Gasteiger charge is 2.20. The maximum Gasteiger partial charge on any atom is 0.0998 e. The van der Waals surface area contributed by atoms with Crippen LogP contribution in [0.5, 0.6) is 0 Å². The van der Waals surface area contributed by atoms with Gasteiger partial charge >= 0.3 is 0 Å². The molecule has 0 unspecified atom stereocenters. The van der Waals surface area contributed by atoms with Crippen LogP contribution in [0.2, 0.25) is 0 Å². The van der Waals surface area contributed by atoms with Crippen LogP contribution in [0.25, 0.3) is 77.2 Å². The van der Waals surface area contributed by atoms with Gasteiger partial charge in [-0.2, -0.15) is 15.8 Å². The summed E-state index contributed by atoms with van der Waals surface area (Å²) in [6.45, 7) is 2.14. The molecular weight excluding hydrogens is 623 g/mol. The maximum atomic E-state index is 10.6. The molecule has 0 N–H and O–H groups in total. The summed E-state index contributed by atoms with van der Waals surface area (Å²) < 4.78 is 4.48. The third kappa shape index (κ3) is 4.53. The molecule has 0 fully saturated rings. The monoisotopic (exact) mass is 649 g/mol. The van der Waals surface area contributed by atoms with Crippen molar-refractivity contribution in [1.29, 1.82) is 15.8 Å². The summed E-state index contributed by atoms with van der Waals surface area (Å²) in [4.78, 5) is 0. The van der Waals surface area contributed by atoms with Crippen molar-refractivity contribution in [2.24, 2.45) is 0 Å². The molecule has 0 atom stereocenters. The number of para-hydroxylation sites is 4. The minimum Gasteiger partial charge on any atom is -0.309 e. The first-order valence-corrected chi connectivity index (χ1v) is 16.7. The van der Waals surface area contributed by atoms with Gasteiger partial charge < -0.3 is 9.13 Å². The fourth-order valence-corrected chi connectivity index (χ4v) is 7.70. The number of nitriles is 3. The molecule has 0 spiro atoms. The maximum absolute atomic E-state index is 10.6. The number of nitrogens with zero attached hydrogens (tertiary/aromatic N) is 5. The molecule has 2 aromatic heterocycles. The summed E-state index contributed by atoms with van der Waals surface area (Å²) in [5, 5.41) is 34.9. The van der Waals surface area contributed by atoms with Crippen molar-refractivity contribution in [2.45, 2.75) is 6.92 Å². The second kappa shape index (κ2) is 11.6. The van der Waals surface area contributed by atoms with E-state index in [4.69, 9.17) is 0 Å². The SMILES string of the molecule is Cc1cccc2c3ccccc3n(-c3ccccc3-c3ccc(-c4cc(-n5c6ccccc6c6cc(C#N)ccc65)ccc4C#N)cc3C#N)c12. The van der Waals surface area contributed by atoms with Gasteiger partial charge in [-0.3, -0.25) is 0 Å². The highest BCUT2D eigenvalue weighted by Crippen LogP contribution is 2.40. The van der Waals surface area contributed by atoms with Crippen LogP contribution in [-0.2, 0) is 0 Å². The predicted molar refractivity (Wildman–Crippen MR) is 205 cm³/mol.